The molecule has 0 amide bonds. The van der Waals surface area contributed by atoms with E-state index in [1.807, 2.05) is 18.2 Å². The summed E-state index contributed by atoms with van der Waals surface area (Å²) < 4.78 is 27.6. The maximum atomic E-state index is 13.8. The Hall–Kier alpha value is -1.25. The minimum atomic E-state index is -2.82. The van der Waals surface area contributed by atoms with E-state index in [-0.39, 0.29) is 12.2 Å². The third-order valence-corrected chi connectivity index (χ3v) is 4.37. The summed E-state index contributed by atoms with van der Waals surface area (Å²) in [5.74, 6) is -3.10. The Morgan fingerprint density at radius 1 is 0.917 bits per heavy atom. The standard InChI is InChI=1S/C21H32F2O/c1-2-3-4-11-16-20(24)18-21(22,23)17-12-6-5-8-13-19-14-9-7-10-15-19/h7,9-10,14-15H,2-6,8,11-13,16-18H2,1H3. The van der Waals surface area contributed by atoms with Crippen LogP contribution in [0.5, 0.6) is 0 Å². The summed E-state index contributed by atoms with van der Waals surface area (Å²) in [6.45, 7) is 2.09. The number of benzene rings is 1. The average Bonchev–Trinajstić information content (AvgIpc) is 2.55. The van der Waals surface area contributed by atoms with Gasteiger partial charge in [-0.1, -0.05) is 69.4 Å². The van der Waals surface area contributed by atoms with Crippen molar-refractivity contribution in [2.45, 2.75) is 89.9 Å². The number of carbonyl (C=O) groups is 1. The molecule has 0 atom stereocenters. The first kappa shape index (κ1) is 20.8. The molecule has 3 heteroatoms. The van der Waals surface area contributed by atoms with Gasteiger partial charge in [-0.2, -0.15) is 0 Å². The van der Waals surface area contributed by atoms with Crippen molar-refractivity contribution in [2.24, 2.45) is 0 Å². The number of unbranched alkanes of at least 4 members (excludes halogenated alkanes) is 6. The van der Waals surface area contributed by atoms with Crippen molar-refractivity contribution in [3.8, 4) is 0 Å². The van der Waals surface area contributed by atoms with E-state index in [1.165, 1.54) is 5.56 Å². The van der Waals surface area contributed by atoms with Crippen LogP contribution < -0.4 is 0 Å². The van der Waals surface area contributed by atoms with Crippen LogP contribution in [0, 0.1) is 0 Å². The average molecular weight is 338 g/mol. The van der Waals surface area contributed by atoms with E-state index in [2.05, 4.69) is 19.1 Å². The van der Waals surface area contributed by atoms with Gasteiger partial charge in [0.15, 0.2) is 0 Å². The topological polar surface area (TPSA) is 17.1 Å². The molecule has 0 saturated carbocycles. The number of halogens is 2. The number of carbonyl (C=O) groups excluding carboxylic acids is 1. The van der Waals surface area contributed by atoms with Gasteiger partial charge in [-0.05, 0) is 31.2 Å². The Kier molecular flexibility index (Phi) is 10.5. The van der Waals surface area contributed by atoms with Gasteiger partial charge in [0.1, 0.15) is 5.78 Å². The van der Waals surface area contributed by atoms with Gasteiger partial charge in [-0.25, -0.2) is 8.78 Å². The van der Waals surface area contributed by atoms with E-state index in [4.69, 9.17) is 0 Å². The second-order valence-electron chi connectivity index (χ2n) is 6.78. The van der Waals surface area contributed by atoms with Crippen LogP contribution in [0.1, 0.15) is 83.1 Å². The van der Waals surface area contributed by atoms with Crippen LogP contribution in [0.3, 0.4) is 0 Å². The molecule has 0 heterocycles. The van der Waals surface area contributed by atoms with E-state index in [9.17, 15) is 13.6 Å². The van der Waals surface area contributed by atoms with E-state index >= 15 is 0 Å². The van der Waals surface area contributed by atoms with Gasteiger partial charge in [0.05, 0.1) is 6.42 Å². The second kappa shape index (κ2) is 12.2. The molecular weight excluding hydrogens is 306 g/mol. The minimum Gasteiger partial charge on any atom is -0.299 e. The van der Waals surface area contributed by atoms with Gasteiger partial charge in [0.25, 0.3) is 5.92 Å². The third kappa shape index (κ3) is 10.5. The molecule has 0 N–H and O–H groups in total. The van der Waals surface area contributed by atoms with Crippen molar-refractivity contribution in [1.82, 2.24) is 0 Å². The molecule has 24 heavy (non-hydrogen) atoms. The number of rotatable bonds is 14. The van der Waals surface area contributed by atoms with Crippen molar-refractivity contribution in [3.63, 3.8) is 0 Å². The molecule has 0 aliphatic heterocycles. The molecule has 1 aromatic carbocycles. The fourth-order valence-electron chi connectivity index (χ4n) is 2.93. The monoisotopic (exact) mass is 338 g/mol. The number of hydrogen-bond donors (Lipinski definition) is 0. The number of Topliss-reactive ketones (excluding diaryl/α,β-unsaturated/α-hetero) is 1. The zero-order valence-electron chi connectivity index (χ0n) is 15.0. The predicted octanol–water partition coefficient (Wildman–Crippen LogP) is 6.74. The van der Waals surface area contributed by atoms with Gasteiger partial charge < -0.3 is 0 Å². The van der Waals surface area contributed by atoms with Crippen LogP contribution in [0.2, 0.25) is 0 Å². The molecule has 0 radical (unpaired) electrons. The molecule has 1 rings (SSSR count). The van der Waals surface area contributed by atoms with E-state index < -0.39 is 12.3 Å². The Bertz CT molecular complexity index is 442. The number of hydrogen-bond acceptors (Lipinski definition) is 1. The van der Waals surface area contributed by atoms with Crippen molar-refractivity contribution in [2.75, 3.05) is 0 Å². The molecule has 1 nitrogen and oxygen atoms in total. The van der Waals surface area contributed by atoms with Gasteiger partial charge in [-0.15, -0.1) is 0 Å². The predicted molar refractivity (Wildman–Crippen MR) is 96.6 cm³/mol. The van der Waals surface area contributed by atoms with Crippen molar-refractivity contribution < 1.29 is 13.6 Å². The van der Waals surface area contributed by atoms with E-state index in [1.54, 1.807) is 0 Å². The van der Waals surface area contributed by atoms with Gasteiger partial charge in [0.2, 0.25) is 0 Å². The minimum absolute atomic E-state index is 0.154. The first-order valence-electron chi connectivity index (χ1n) is 9.47. The maximum absolute atomic E-state index is 13.8. The molecule has 0 unspecified atom stereocenters. The van der Waals surface area contributed by atoms with Crippen LogP contribution in [0.15, 0.2) is 30.3 Å². The first-order valence-corrected chi connectivity index (χ1v) is 9.47. The SMILES string of the molecule is CCCCCCC(=O)CC(F)(F)CCCCCCc1ccccc1. The van der Waals surface area contributed by atoms with Crippen LogP contribution in [0.4, 0.5) is 8.78 Å². The van der Waals surface area contributed by atoms with E-state index in [0.29, 0.717) is 12.8 Å². The fraction of sp³-hybridized carbons (Fsp3) is 0.667. The van der Waals surface area contributed by atoms with Gasteiger partial charge in [0, 0.05) is 12.8 Å². The lowest BCUT2D eigenvalue weighted by Crippen LogP contribution is -2.21. The van der Waals surface area contributed by atoms with Gasteiger partial charge in [-0.3, -0.25) is 4.79 Å². The van der Waals surface area contributed by atoms with Crippen LogP contribution >= 0.6 is 0 Å². The molecule has 0 saturated heterocycles. The lowest BCUT2D eigenvalue weighted by atomic mass is 10.00. The van der Waals surface area contributed by atoms with Crippen molar-refractivity contribution in [3.05, 3.63) is 35.9 Å². The second-order valence-corrected chi connectivity index (χ2v) is 6.78. The van der Waals surface area contributed by atoms with Crippen LogP contribution in [0.25, 0.3) is 0 Å². The highest BCUT2D eigenvalue weighted by Gasteiger charge is 2.30. The van der Waals surface area contributed by atoms with Crippen LogP contribution in [-0.2, 0) is 11.2 Å². The Morgan fingerprint density at radius 2 is 1.58 bits per heavy atom. The smallest absolute Gasteiger partial charge is 0.255 e. The quantitative estimate of drug-likeness (QED) is 0.343. The molecule has 0 bridgehead atoms. The highest BCUT2D eigenvalue weighted by Crippen LogP contribution is 2.27. The third-order valence-electron chi connectivity index (χ3n) is 4.37. The molecular formula is C21H32F2O. The van der Waals surface area contributed by atoms with Gasteiger partial charge >= 0.3 is 0 Å². The summed E-state index contributed by atoms with van der Waals surface area (Å²) in [6, 6.07) is 10.2. The van der Waals surface area contributed by atoms with Crippen molar-refractivity contribution >= 4 is 5.78 Å². The largest absolute Gasteiger partial charge is 0.299 e. The molecule has 0 aliphatic carbocycles. The highest BCUT2D eigenvalue weighted by atomic mass is 19.3. The number of ketones is 1. The zero-order valence-corrected chi connectivity index (χ0v) is 15.0. The highest BCUT2D eigenvalue weighted by molar-refractivity contribution is 5.79. The number of alkyl halides is 2. The lowest BCUT2D eigenvalue weighted by molar-refractivity contribution is -0.126. The zero-order chi connectivity index (χ0) is 17.7. The van der Waals surface area contributed by atoms with Crippen LogP contribution in [-0.4, -0.2) is 11.7 Å². The molecule has 136 valence electrons. The molecule has 1 aromatic rings. The summed E-state index contributed by atoms with van der Waals surface area (Å²) in [6.07, 6.45) is 7.81. The molecule has 0 aliphatic rings. The fourth-order valence-corrected chi connectivity index (χ4v) is 2.93. The van der Waals surface area contributed by atoms with E-state index in [0.717, 1.165) is 51.4 Å². The number of aryl methyl sites for hydroxylation is 1. The summed E-state index contributed by atoms with van der Waals surface area (Å²) in [4.78, 5) is 11.6. The Labute approximate surface area is 145 Å². The summed E-state index contributed by atoms with van der Waals surface area (Å²) in [5.41, 5.74) is 1.30. The van der Waals surface area contributed by atoms with Crippen molar-refractivity contribution in [1.29, 1.82) is 0 Å². The Morgan fingerprint density at radius 3 is 2.29 bits per heavy atom. The molecule has 0 fully saturated rings. The maximum Gasteiger partial charge on any atom is 0.255 e. The Balaban J connectivity index is 2.06. The normalized spacial score (nSPS) is 11.6. The molecule has 0 aromatic heterocycles. The lowest BCUT2D eigenvalue weighted by Gasteiger charge is -2.15. The summed E-state index contributed by atoms with van der Waals surface area (Å²) in [7, 11) is 0. The summed E-state index contributed by atoms with van der Waals surface area (Å²) >= 11 is 0. The first-order chi connectivity index (χ1) is 11.5. The summed E-state index contributed by atoms with van der Waals surface area (Å²) in [5, 5.41) is 0. The molecule has 0 spiro atoms.